The molecule has 0 aliphatic rings. The number of nitrogens with two attached hydrogens (primary N) is 1. The molecule has 0 saturated carbocycles. The highest BCUT2D eigenvalue weighted by Gasteiger charge is 2.05. The van der Waals surface area contributed by atoms with Gasteiger partial charge < -0.3 is 15.3 Å². The van der Waals surface area contributed by atoms with Crippen LogP contribution in [0.25, 0.3) is 0 Å². The number of aryl methyl sites for hydroxylation is 2. The number of ether oxygens (including phenoxy) is 1. The van der Waals surface area contributed by atoms with Crippen LogP contribution in [-0.2, 0) is 11.4 Å². The van der Waals surface area contributed by atoms with Crippen molar-refractivity contribution < 1.29 is 9.57 Å². The van der Waals surface area contributed by atoms with Crippen LogP contribution in [0.4, 0.5) is 0 Å². The molecule has 0 spiro atoms. The molecule has 148 valence electrons. The van der Waals surface area contributed by atoms with E-state index < -0.39 is 0 Å². The zero-order valence-electron chi connectivity index (χ0n) is 16.5. The Bertz CT molecular complexity index is 1030. The van der Waals surface area contributed by atoms with Crippen LogP contribution in [0.15, 0.2) is 59.8 Å². The van der Waals surface area contributed by atoms with Crippen LogP contribution in [0.1, 0.15) is 28.1 Å². The monoisotopic (exact) mass is 389 g/mol. The summed E-state index contributed by atoms with van der Waals surface area (Å²) in [6.45, 7) is 5.26. The topological polar surface area (TPSA) is 98.5 Å². The van der Waals surface area contributed by atoms with E-state index in [1.165, 1.54) is 0 Å². The maximum Gasteiger partial charge on any atom is 0.170 e. The Morgan fingerprint density at radius 3 is 2.62 bits per heavy atom. The summed E-state index contributed by atoms with van der Waals surface area (Å²) < 4.78 is 7.49. The van der Waals surface area contributed by atoms with Gasteiger partial charge >= 0.3 is 0 Å². The van der Waals surface area contributed by atoms with Crippen LogP contribution >= 0.6 is 0 Å². The van der Waals surface area contributed by atoms with Gasteiger partial charge in [-0.2, -0.15) is 10.4 Å². The molecule has 0 aliphatic heterocycles. The number of nitriles is 1. The summed E-state index contributed by atoms with van der Waals surface area (Å²) in [7, 11) is 0. The molecule has 1 heterocycles. The van der Waals surface area contributed by atoms with Gasteiger partial charge in [-0.1, -0.05) is 23.4 Å². The van der Waals surface area contributed by atoms with Crippen molar-refractivity contribution in [3.8, 4) is 11.8 Å². The molecular weight excluding hydrogens is 366 g/mol. The van der Waals surface area contributed by atoms with Crippen LogP contribution in [0, 0.1) is 25.2 Å². The summed E-state index contributed by atoms with van der Waals surface area (Å²) in [5.41, 5.74) is 10.6. The van der Waals surface area contributed by atoms with E-state index in [-0.39, 0.29) is 6.61 Å². The molecule has 0 fully saturated rings. The van der Waals surface area contributed by atoms with Crippen molar-refractivity contribution >= 4 is 5.84 Å². The number of hydrogen-bond donors (Lipinski definition) is 1. The van der Waals surface area contributed by atoms with Gasteiger partial charge in [0.25, 0.3) is 0 Å². The van der Waals surface area contributed by atoms with Crippen molar-refractivity contribution in [3.05, 3.63) is 82.7 Å². The highest BCUT2D eigenvalue weighted by Crippen LogP contribution is 2.12. The number of nitrogens with zero attached hydrogens (tertiary/aromatic N) is 4. The molecule has 0 amide bonds. The second-order valence-corrected chi connectivity index (χ2v) is 6.58. The molecule has 29 heavy (non-hydrogen) atoms. The SMILES string of the molecule is Cc1cc(C)n(Cc2cccc(C(N)=NOCCOc3ccc(C#N)cc3)c2)n1. The van der Waals surface area contributed by atoms with Crippen molar-refractivity contribution in [2.75, 3.05) is 13.2 Å². The summed E-state index contributed by atoms with van der Waals surface area (Å²) in [6.07, 6.45) is 0. The van der Waals surface area contributed by atoms with Gasteiger partial charge in [-0.05, 0) is 55.8 Å². The summed E-state index contributed by atoms with van der Waals surface area (Å²) in [6, 6.07) is 18.8. The fourth-order valence-corrected chi connectivity index (χ4v) is 2.83. The summed E-state index contributed by atoms with van der Waals surface area (Å²) >= 11 is 0. The molecule has 0 saturated heterocycles. The average Bonchev–Trinajstić information content (AvgIpc) is 3.05. The van der Waals surface area contributed by atoms with E-state index in [1.54, 1.807) is 24.3 Å². The van der Waals surface area contributed by atoms with Crippen LogP contribution < -0.4 is 10.5 Å². The number of benzene rings is 2. The zero-order valence-corrected chi connectivity index (χ0v) is 16.5. The molecule has 3 rings (SSSR count). The Balaban J connectivity index is 1.51. The van der Waals surface area contributed by atoms with E-state index in [0.717, 1.165) is 22.5 Å². The predicted octanol–water partition coefficient (Wildman–Crippen LogP) is 3.14. The molecule has 0 radical (unpaired) electrons. The molecule has 2 aromatic carbocycles. The fourth-order valence-electron chi connectivity index (χ4n) is 2.83. The molecule has 0 bridgehead atoms. The number of hydrogen-bond acceptors (Lipinski definition) is 5. The van der Waals surface area contributed by atoms with Gasteiger partial charge in [0, 0.05) is 11.3 Å². The first-order chi connectivity index (χ1) is 14.0. The Morgan fingerprint density at radius 1 is 1.14 bits per heavy atom. The van der Waals surface area contributed by atoms with Crippen LogP contribution in [0.5, 0.6) is 5.75 Å². The molecule has 0 aliphatic carbocycles. The largest absolute Gasteiger partial charge is 0.490 e. The number of rotatable bonds is 8. The molecule has 7 nitrogen and oxygen atoms in total. The predicted molar refractivity (Wildman–Crippen MR) is 111 cm³/mol. The van der Waals surface area contributed by atoms with E-state index in [2.05, 4.69) is 16.3 Å². The maximum atomic E-state index is 8.78. The maximum absolute atomic E-state index is 8.78. The van der Waals surface area contributed by atoms with Crippen molar-refractivity contribution in [2.45, 2.75) is 20.4 Å². The molecule has 3 aromatic rings. The van der Waals surface area contributed by atoms with Gasteiger partial charge in [-0.25, -0.2) is 0 Å². The molecule has 2 N–H and O–H groups in total. The third-order valence-corrected chi connectivity index (χ3v) is 4.25. The molecule has 0 atom stereocenters. The van der Waals surface area contributed by atoms with E-state index in [0.29, 0.717) is 30.3 Å². The van der Waals surface area contributed by atoms with Gasteiger partial charge in [0.1, 0.15) is 12.4 Å². The zero-order chi connectivity index (χ0) is 20.6. The third kappa shape index (κ3) is 5.59. The van der Waals surface area contributed by atoms with E-state index in [9.17, 15) is 0 Å². The Labute approximate surface area is 170 Å². The lowest BCUT2D eigenvalue weighted by atomic mass is 10.1. The molecule has 1 aromatic heterocycles. The van der Waals surface area contributed by atoms with Gasteiger partial charge in [0.15, 0.2) is 12.4 Å². The second kappa shape index (κ2) is 9.42. The first-order valence-electron chi connectivity index (χ1n) is 9.24. The number of aromatic nitrogens is 2. The standard InChI is InChI=1S/C22H23N5O2/c1-16-12-17(2)27(25-16)15-19-4-3-5-20(13-19)22(24)26-29-11-10-28-21-8-6-18(14-23)7-9-21/h3-9,12-13H,10-11,15H2,1-2H3,(H2,24,26). The fraction of sp³-hybridized carbons (Fsp3) is 0.227. The minimum absolute atomic E-state index is 0.256. The Hall–Kier alpha value is -3.79. The van der Waals surface area contributed by atoms with Gasteiger partial charge in [0.2, 0.25) is 0 Å². The van der Waals surface area contributed by atoms with Crippen LogP contribution in [-0.4, -0.2) is 28.8 Å². The molecule has 7 heteroatoms. The Kier molecular flexibility index (Phi) is 6.48. The van der Waals surface area contributed by atoms with Gasteiger partial charge in [0.05, 0.1) is 23.9 Å². The lowest BCUT2D eigenvalue weighted by Gasteiger charge is -2.08. The lowest BCUT2D eigenvalue weighted by molar-refractivity contribution is 0.107. The minimum Gasteiger partial charge on any atom is -0.490 e. The summed E-state index contributed by atoms with van der Waals surface area (Å²) in [5.74, 6) is 0.972. The van der Waals surface area contributed by atoms with Crippen molar-refractivity contribution in [3.63, 3.8) is 0 Å². The Morgan fingerprint density at radius 2 is 1.93 bits per heavy atom. The van der Waals surface area contributed by atoms with Crippen molar-refractivity contribution in [2.24, 2.45) is 10.9 Å². The number of amidine groups is 1. The minimum atomic E-state index is 0.256. The average molecular weight is 389 g/mol. The van der Waals surface area contributed by atoms with Crippen molar-refractivity contribution in [1.29, 1.82) is 5.26 Å². The van der Waals surface area contributed by atoms with Gasteiger partial charge in [-0.3, -0.25) is 4.68 Å². The quantitative estimate of drug-likeness (QED) is 0.276. The second-order valence-electron chi connectivity index (χ2n) is 6.58. The van der Waals surface area contributed by atoms with E-state index in [1.807, 2.05) is 48.9 Å². The lowest BCUT2D eigenvalue weighted by Crippen LogP contribution is -2.15. The van der Waals surface area contributed by atoms with Crippen LogP contribution in [0.2, 0.25) is 0 Å². The highest BCUT2D eigenvalue weighted by molar-refractivity contribution is 5.97. The normalized spacial score (nSPS) is 11.1. The summed E-state index contributed by atoms with van der Waals surface area (Å²) in [4.78, 5) is 5.27. The van der Waals surface area contributed by atoms with Crippen molar-refractivity contribution in [1.82, 2.24) is 9.78 Å². The first kappa shape index (κ1) is 20.0. The molecular formula is C22H23N5O2. The van der Waals surface area contributed by atoms with Gasteiger partial charge in [-0.15, -0.1) is 0 Å². The smallest absolute Gasteiger partial charge is 0.170 e. The first-order valence-corrected chi connectivity index (χ1v) is 9.24. The van der Waals surface area contributed by atoms with E-state index >= 15 is 0 Å². The highest BCUT2D eigenvalue weighted by atomic mass is 16.6. The number of oxime groups is 1. The van der Waals surface area contributed by atoms with Crippen LogP contribution in [0.3, 0.4) is 0 Å². The molecule has 0 unspecified atom stereocenters. The third-order valence-electron chi connectivity index (χ3n) is 4.25. The van der Waals surface area contributed by atoms with E-state index in [4.69, 9.17) is 20.6 Å². The summed E-state index contributed by atoms with van der Waals surface area (Å²) in [5, 5.41) is 17.2.